The second kappa shape index (κ2) is 7.35. The Kier molecular flexibility index (Phi) is 5.76. The lowest BCUT2D eigenvalue weighted by molar-refractivity contribution is 0.338. The quantitative estimate of drug-likeness (QED) is 0.582. The van der Waals surface area contributed by atoms with Crippen molar-refractivity contribution in [2.45, 2.75) is 18.7 Å². The maximum Gasteiger partial charge on any atom is 0.133 e. The van der Waals surface area contributed by atoms with Crippen molar-refractivity contribution in [2.24, 2.45) is 0 Å². The Balaban J connectivity index is 2.10. The van der Waals surface area contributed by atoms with E-state index in [0.29, 0.717) is 6.61 Å². The SMILES string of the molecule is CCOc1ccc(C(Cl)Cc2ccc(Cl)cc2)cc1Br. The topological polar surface area (TPSA) is 9.23 Å². The molecule has 0 saturated heterocycles. The molecule has 1 unspecified atom stereocenters. The van der Waals surface area contributed by atoms with Gasteiger partial charge in [-0.2, -0.15) is 0 Å². The molecule has 0 fully saturated rings. The Bertz CT molecular complexity index is 569. The van der Waals surface area contributed by atoms with Crippen molar-refractivity contribution in [3.63, 3.8) is 0 Å². The maximum atomic E-state index is 6.49. The third-order valence-corrected chi connectivity index (χ3v) is 4.22. The Hall–Kier alpha value is -0.700. The molecular weight excluding hydrogens is 359 g/mol. The molecule has 0 N–H and O–H groups in total. The highest BCUT2D eigenvalue weighted by Crippen LogP contribution is 2.32. The molecule has 1 nitrogen and oxygen atoms in total. The van der Waals surface area contributed by atoms with E-state index < -0.39 is 0 Å². The van der Waals surface area contributed by atoms with Crippen LogP contribution in [0.2, 0.25) is 5.02 Å². The highest BCUT2D eigenvalue weighted by Gasteiger charge is 2.11. The first-order valence-corrected chi connectivity index (χ1v) is 8.01. The van der Waals surface area contributed by atoms with Crippen LogP contribution in [0.1, 0.15) is 23.4 Å². The third kappa shape index (κ3) is 4.15. The summed E-state index contributed by atoms with van der Waals surface area (Å²) in [6.07, 6.45) is 0.763. The summed E-state index contributed by atoms with van der Waals surface area (Å²) < 4.78 is 6.43. The summed E-state index contributed by atoms with van der Waals surface area (Å²) in [6.45, 7) is 2.61. The zero-order chi connectivity index (χ0) is 14.5. The zero-order valence-corrected chi connectivity index (χ0v) is 14.2. The number of halogens is 3. The minimum absolute atomic E-state index is 0.0804. The number of hydrogen-bond acceptors (Lipinski definition) is 1. The second-order valence-electron chi connectivity index (χ2n) is 4.42. The Morgan fingerprint density at radius 3 is 2.45 bits per heavy atom. The molecule has 0 saturated carbocycles. The first-order valence-electron chi connectivity index (χ1n) is 6.41. The van der Waals surface area contributed by atoms with Crippen molar-refractivity contribution >= 4 is 39.1 Å². The summed E-state index contributed by atoms with van der Waals surface area (Å²) in [5, 5.41) is 0.659. The minimum Gasteiger partial charge on any atom is -0.493 e. The Labute approximate surface area is 138 Å². The van der Waals surface area contributed by atoms with Crippen LogP contribution in [-0.2, 0) is 6.42 Å². The zero-order valence-electron chi connectivity index (χ0n) is 11.1. The molecular formula is C16H15BrCl2O. The van der Waals surface area contributed by atoms with Gasteiger partial charge in [0.1, 0.15) is 5.75 Å². The predicted octanol–water partition coefficient (Wildman–Crippen LogP) is 6.02. The smallest absolute Gasteiger partial charge is 0.133 e. The molecule has 0 radical (unpaired) electrons. The van der Waals surface area contributed by atoms with Crippen molar-refractivity contribution in [3.8, 4) is 5.75 Å². The minimum atomic E-state index is -0.0804. The van der Waals surface area contributed by atoms with Crippen LogP contribution >= 0.6 is 39.1 Å². The Morgan fingerprint density at radius 1 is 1.15 bits per heavy atom. The first kappa shape index (κ1) is 15.7. The van der Waals surface area contributed by atoms with Gasteiger partial charge in [-0.25, -0.2) is 0 Å². The van der Waals surface area contributed by atoms with Crippen LogP contribution in [0.25, 0.3) is 0 Å². The van der Waals surface area contributed by atoms with E-state index in [-0.39, 0.29) is 5.38 Å². The van der Waals surface area contributed by atoms with Gasteiger partial charge in [0.2, 0.25) is 0 Å². The summed E-state index contributed by atoms with van der Waals surface area (Å²) in [5.41, 5.74) is 2.23. The van der Waals surface area contributed by atoms with Crippen molar-refractivity contribution in [2.75, 3.05) is 6.61 Å². The molecule has 0 amide bonds. The number of hydrogen-bond donors (Lipinski definition) is 0. The molecule has 20 heavy (non-hydrogen) atoms. The summed E-state index contributed by atoms with van der Waals surface area (Å²) >= 11 is 15.9. The Morgan fingerprint density at radius 2 is 1.85 bits per heavy atom. The monoisotopic (exact) mass is 372 g/mol. The average Bonchev–Trinajstić information content (AvgIpc) is 2.44. The van der Waals surface area contributed by atoms with Gasteiger partial charge in [0.25, 0.3) is 0 Å². The summed E-state index contributed by atoms with van der Waals surface area (Å²) in [5.74, 6) is 0.839. The number of alkyl halides is 1. The largest absolute Gasteiger partial charge is 0.493 e. The van der Waals surface area contributed by atoms with Gasteiger partial charge >= 0.3 is 0 Å². The molecule has 4 heteroatoms. The van der Waals surface area contributed by atoms with Crippen LogP contribution in [0.3, 0.4) is 0 Å². The van der Waals surface area contributed by atoms with E-state index in [1.165, 1.54) is 5.56 Å². The van der Waals surface area contributed by atoms with Crippen molar-refractivity contribution in [3.05, 3.63) is 63.1 Å². The normalized spacial score (nSPS) is 12.2. The van der Waals surface area contributed by atoms with Gasteiger partial charge in [0, 0.05) is 5.02 Å². The van der Waals surface area contributed by atoms with E-state index >= 15 is 0 Å². The lowest BCUT2D eigenvalue weighted by atomic mass is 10.0. The van der Waals surface area contributed by atoms with E-state index in [4.69, 9.17) is 27.9 Å². The van der Waals surface area contributed by atoms with Gasteiger partial charge in [-0.15, -0.1) is 11.6 Å². The van der Waals surface area contributed by atoms with Gasteiger partial charge in [-0.3, -0.25) is 0 Å². The molecule has 0 aliphatic heterocycles. The molecule has 0 heterocycles. The van der Waals surface area contributed by atoms with E-state index in [1.54, 1.807) is 0 Å². The molecule has 1 atom stereocenters. The molecule has 2 rings (SSSR count). The lowest BCUT2D eigenvalue weighted by Crippen LogP contribution is -1.98. The van der Waals surface area contributed by atoms with Gasteiger partial charge in [0.05, 0.1) is 16.5 Å². The molecule has 2 aromatic rings. The van der Waals surface area contributed by atoms with Crippen LogP contribution < -0.4 is 4.74 Å². The van der Waals surface area contributed by atoms with Crippen LogP contribution in [0.15, 0.2) is 46.9 Å². The number of ether oxygens (including phenoxy) is 1. The van der Waals surface area contributed by atoms with Crippen LogP contribution in [0, 0.1) is 0 Å². The molecule has 0 bridgehead atoms. The van der Waals surface area contributed by atoms with Crippen molar-refractivity contribution in [1.82, 2.24) is 0 Å². The fourth-order valence-electron chi connectivity index (χ4n) is 1.93. The lowest BCUT2D eigenvalue weighted by Gasteiger charge is -2.13. The fourth-order valence-corrected chi connectivity index (χ4v) is 2.88. The summed E-state index contributed by atoms with van der Waals surface area (Å²) in [6, 6.07) is 13.7. The van der Waals surface area contributed by atoms with E-state index in [0.717, 1.165) is 27.2 Å². The molecule has 0 aliphatic rings. The standard InChI is InChI=1S/C16H15BrCl2O/c1-2-20-16-8-5-12(10-14(16)17)15(19)9-11-3-6-13(18)7-4-11/h3-8,10,15H,2,9H2,1H3. The first-order chi connectivity index (χ1) is 9.60. The maximum absolute atomic E-state index is 6.49. The second-order valence-corrected chi connectivity index (χ2v) is 6.24. The summed E-state index contributed by atoms with van der Waals surface area (Å²) in [4.78, 5) is 0. The van der Waals surface area contributed by atoms with Crippen molar-refractivity contribution < 1.29 is 4.74 Å². The molecule has 0 spiro atoms. The highest BCUT2D eigenvalue weighted by molar-refractivity contribution is 9.10. The predicted molar refractivity (Wildman–Crippen MR) is 89.1 cm³/mol. The van der Waals surface area contributed by atoms with Gasteiger partial charge in [0.15, 0.2) is 0 Å². The fraction of sp³-hybridized carbons (Fsp3) is 0.250. The van der Waals surface area contributed by atoms with E-state index in [9.17, 15) is 0 Å². The van der Waals surface area contributed by atoms with Crippen LogP contribution in [-0.4, -0.2) is 6.61 Å². The van der Waals surface area contributed by atoms with Crippen LogP contribution in [0.4, 0.5) is 0 Å². The summed E-state index contributed by atoms with van der Waals surface area (Å²) in [7, 11) is 0. The number of benzene rings is 2. The molecule has 2 aromatic carbocycles. The molecule has 0 aliphatic carbocycles. The van der Waals surface area contributed by atoms with Gasteiger partial charge in [-0.05, 0) is 64.7 Å². The van der Waals surface area contributed by atoms with Gasteiger partial charge < -0.3 is 4.74 Å². The van der Waals surface area contributed by atoms with E-state index in [1.807, 2.05) is 49.4 Å². The van der Waals surface area contributed by atoms with Crippen LogP contribution in [0.5, 0.6) is 5.75 Å². The molecule has 0 aromatic heterocycles. The van der Waals surface area contributed by atoms with Gasteiger partial charge in [-0.1, -0.05) is 29.8 Å². The highest BCUT2D eigenvalue weighted by atomic mass is 79.9. The average molecular weight is 374 g/mol. The van der Waals surface area contributed by atoms with E-state index in [2.05, 4.69) is 15.9 Å². The molecule has 106 valence electrons. The van der Waals surface area contributed by atoms with Crippen molar-refractivity contribution in [1.29, 1.82) is 0 Å². The third-order valence-electron chi connectivity index (χ3n) is 2.95. The number of rotatable bonds is 5.